The van der Waals surface area contributed by atoms with Crippen LogP contribution >= 0.6 is 12.2 Å². The second kappa shape index (κ2) is 3.90. The van der Waals surface area contributed by atoms with Crippen LogP contribution in [-0.2, 0) is 6.42 Å². The average Bonchev–Trinajstić information content (AvgIpc) is 2.45. The molecule has 3 heteroatoms. The van der Waals surface area contributed by atoms with Gasteiger partial charge in [0.2, 0.25) is 0 Å². The second-order valence-electron chi connectivity index (χ2n) is 3.07. The summed E-state index contributed by atoms with van der Waals surface area (Å²) in [7, 11) is 0. The van der Waals surface area contributed by atoms with Crippen molar-refractivity contribution in [3.05, 3.63) is 16.7 Å². The number of aryl methyl sites for hydroxylation is 1. The molecular formula is C9H16N2S. The molecule has 68 valence electrons. The van der Waals surface area contributed by atoms with E-state index in [4.69, 9.17) is 12.2 Å². The first-order valence-corrected chi connectivity index (χ1v) is 4.90. The molecule has 1 heterocycles. The number of nitrogens with one attached hydrogen (secondary N) is 1. The third-order valence-electron chi connectivity index (χ3n) is 2.28. The summed E-state index contributed by atoms with van der Waals surface area (Å²) in [5.41, 5.74) is 1.30. The van der Waals surface area contributed by atoms with Gasteiger partial charge in [-0.1, -0.05) is 13.8 Å². The Morgan fingerprint density at radius 2 is 2.25 bits per heavy atom. The van der Waals surface area contributed by atoms with E-state index in [9.17, 15) is 0 Å². The molecule has 0 aromatic carbocycles. The van der Waals surface area contributed by atoms with Crippen molar-refractivity contribution in [2.45, 2.75) is 39.7 Å². The van der Waals surface area contributed by atoms with Gasteiger partial charge in [-0.25, -0.2) is 0 Å². The predicted molar refractivity (Wildman–Crippen MR) is 54.0 cm³/mol. The van der Waals surface area contributed by atoms with Gasteiger partial charge in [0, 0.05) is 17.9 Å². The molecular weight excluding hydrogens is 168 g/mol. The highest BCUT2D eigenvalue weighted by Gasteiger charge is 2.06. The molecule has 0 radical (unpaired) electrons. The summed E-state index contributed by atoms with van der Waals surface area (Å²) in [6.45, 7) is 6.53. The number of nitrogens with zero attached hydrogens (tertiary/aromatic N) is 1. The fourth-order valence-electron chi connectivity index (χ4n) is 1.35. The van der Waals surface area contributed by atoms with Gasteiger partial charge in [0.1, 0.15) is 0 Å². The molecule has 0 amide bonds. The topological polar surface area (TPSA) is 20.7 Å². The van der Waals surface area contributed by atoms with Crippen molar-refractivity contribution in [2.75, 3.05) is 0 Å². The van der Waals surface area contributed by atoms with Gasteiger partial charge in [-0.2, -0.15) is 0 Å². The Morgan fingerprint density at radius 1 is 1.58 bits per heavy atom. The zero-order chi connectivity index (χ0) is 9.14. The van der Waals surface area contributed by atoms with E-state index in [1.165, 1.54) is 5.69 Å². The number of hydrogen-bond donors (Lipinski definition) is 1. The molecule has 0 spiro atoms. The average molecular weight is 184 g/mol. The summed E-state index contributed by atoms with van der Waals surface area (Å²) in [4.78, 5) is 3.08. The van der Waals surface area contributed by atoms with E-state index in [0.29, 0.717) is 6.04 Å². The van der Waals surface area contributed by atoms with Crippen molar-refractivity contribution in [1.82, 2.24) is 9.55 Å². The van der Waals surface area contributed by atoms with E-state index < -0.39 is 0 Å². The summed E-state index contributed by atoms with van der Waals surface area (Å²) in [5.74, 6) is 0. The number of H-pyrrole nitrogens is 1. The summed E-state index contributed by atoms with van der Waals surface area (Å²) in [6, 6.07) is 0.513. The van der Waals surface area contributed by atoms with Crippen molar-refractivity contribution < 1.29 is 0 Å². The zero-order valence-corrected chi connectivity index (χ0v) is 8.74. The van der Waals surface area contributed by atoms with E-state index in [-0.39, 0.29) is 0 Å². The van der Waals surface area contributed by atoms with Crippen molar-refractivity contribution in [2.24, 2.45) is 0 Å². The van der Waals surface area contributed by atoms with E-state index in [1.807, 2.05) is 6.20 Å². The molecule has 1 aromatic heterocycles. The first kappa shape index (κ1) is 9.52. The molecule has 1 rings (SSSR count). The van der Waals surface area contributed by atoms with Gasteiger partial charge in [0.15, 0.2) is 4.77 Å². The summed E-state index contributed by atoms with van der Waals surface area (Å²) in [5, 5.41) is 0. The fraction of sp³-hybridized carbons (Fsp3) is 0.667. The van der Waals surface area contributed by atoms with Crippen LogP contribution in [0.15, 0.2) is 6.20 Å². The zero-order valence-electron chi connectivity index (χ0n) is 7.92. The Hall–Kier alpha value is -0.570. The van der Waals surface area contributed by atoms with Crippen LogP contribution in [-0.4, -0.2) is 9.55 Å². The maximum absolute atomic E-state index is 5.19. The first-order valence-electron chi connectivity index (χ1n) is 4.49. The van der Waals surface area contributed by atoms with E-state index in [1.54, 1.807) is 0 Å². The molecule has 12 heavy (non-hydrogen) atoms. The van der Waals surface area contributed by atoms with Crippen molar-refractivity contribution in [3.8, 4) is 0 Å². The lowest BCUT2D eigenvalue weighted by Gasteiger charge is -2.13. The summed E-state index contributed by atoms with van der Waals surface area (Å²) < 4.78 is 3.05. The molecule has 1 N–H and O–H groups in total. The normalized spacial score (nSPS) is 13.2. The van der Waals surface area contributed by atoms with Gasteiger partial charge >= 0.3 is 0 Å². The van der Waals surface area contributed by atoms with Crippen LogP contribution < -0.4 is 0 Å². The molecule has 1 aromatic rings. The van der Waals surface area contributed by atoms with Gasteiger partial charge in [-0.3, -0.25) is 0 Å². The smallest absolute Gasteiger partial charge is 0.177 e. The number of aromatic amines is 1. The Balaban J connectivity index is 3.10. The van der Waals surface area contributed by atoms with E-state index >= 15 is 0 Å². The first-order chi connectivity index (χ1) is 5.70. The number of rotatable bonds is 3. The van der Waals surface area contributed by atoms with Crippen LogP contribution in [0.5, 0.6) is 0 Å². The summed E-state index contributed by atoms with van der Waals surface area (Å²) >= 11 is 5.19. The molecule has 0 fully saturated rings. The molecule has 2 nitrogen and oxygen atoms in total. The highest BCUT2D eigenvalue weighted by molar-refractivity contribution is 7.71. The third kappa shape index (κ3) is 1.61. The van der Waals surface area contributed by atoms with Crippen LogP contribution in [0, 0.1) is 4.77 Å². The Bertz CT molecular complexity index is 298. The maximum Gasteiger partial charge on any atom is 0.177 e. The standard InChI is InChI=1S/C9H16N2S/c1-4-7(3)11-8(5-2)6-10-9(11)12/h6-7H,4-5H2,1-3H3,(H,10,12). The second-order valence-corrected chi connectivity index (χ2v) is 3.45. The number of imidazole rings is 1. The molecule has 1 unspecified atom stereocenters. The van der Waals surface area contributed by atoms with Gasteiger partial charge < -0.3 is 9.55 Å². The molecule has 0 aliphatic carbocycles. The van der Waals surface area contributed by atoms with Crippen LogP contribution in [0.4, 0.5) is 0 Å². The summed E-state index contributed by atoms with van der Waals surface area (Å²) in [6.07, 6.45) is 4.17. The maximum atomic E-state index is 5.19. The quantitative estimate of drug-likeness (QED) is 0.716. The highest BCUT2D eigenvalue weighted by Crippen LogP contribution is 2.14. The Kier molecular flexibility index (Phi) is 3.09. The van der Waals surface area contributed by atoms with Crippen molar-refractivity contribution >= 4 is 12.2 Å². The lowest BCUT2D eigenvalue weighted by atomic mass is 10.2. The largest absolute Gasteiger partial charge is 0.337 e. The molecule has 0 aliphatic rings. The lowest BCUT2D eigenvalue weighted by molar-refractivity contribution is 0.508. The van der Waals surface area contributed by atoms with Gasteiger partial charge in [0.05, 0.1) is 0 Å². The Labute approximate surface area is 78.6 Å². The molecule has 0 bridgehead atoms. The monoisotopic (exact) mass is 184 g/mol. The SMILES string of the molecule is CCc1c[nH]c(=S)n1C(C)CC. The van der Waals surface area contributed by atoms with Crippen LogP contribution in [0.3, 0.4) is 0 Å². The molecule has 0 saturated heterocycles. The minimum atomic E-state index is 0.513. The highest BCUT2D eigenvalue weighted by atomic mass is 32.1. The van der Waals surface area contributed by atoms with Crippen molar-refractivity contribution in [3.63, 3.8) is 0 Å². The van der Waals surface area contributed by atoms with E-state index in [2.05, 4.69) is 30.3 Å². The van der Waals surface area contributed by atoms with Gasteiger partial charge in [-0.05, 0) is 32.0 Å². The lowest BCUT2D eigenvalue weighted by Crippen LogP contribution is -2.07. The van der Waals surface area contributed by atoms with Crippen LogP contribution in [0.2, 0.25) is 0 Å². The molecule has 1 atom stereocenters. The van der Waals surface area contributed by atoms with E-state index in [0.717, 1.165) is 17.6 Å². The van der Waals surface area contributed by atoms with Crippen LogP contribution in [0.25, 0.3) is 0 Å². The Morgan fingerprint density at radius 3 is 2.75 bits per heavy atom. The minimum Gasteiger partial charge on any atom is -0.337 e. The molecule has 0 saturated carbocycles. The fourth-order valence-corrected chi connectivity index (χ4v) is 1.71. The number of aromatic nitrogens is 2. The predicted octanol–water partition coefficient (Wildman–Crippen LogP) is 3.08. The van der Waals surface area contributed by atoms with Crippen LogP contribution in [0.1, 0.15) is 38.9 Å². The minimum absolute atomic E-state index is 0.513. The van der Waals surface area contributed by atoms with Gasteiger partial charge in [0.25, 0.3) is 0 Å². The van der Waals surface area contributed by atoms with Crippen molar-refractivity contribution in [1.29, 1.82) is 0 Å². The number of hydrogen-bond acceptors (Lipinski definition) is 1. The van der Waals surface area contributed by atoms with Gasteiger partial charge in [-0.15, -0.1) is 0 Å². The third-order valence-corrected chi connectivity index (χ3v) is 2.60. The molecule has 0 aliphatic heterocycles.